The monoisotopic (exact) mass is 325 g/mol. The number of nitrogens with zero attached hydrogens (tertiary/aromatic N) is 2. The number of halogens is 2. The van der Waals surface area contributed by atoms with Crippen molar-refractivity contribution in [2.45, 2.75) is 50.6 Å². The van der Waals surface area contributed by atoms with Crippen LogP contribution in [-0.4, -0.2) is 61.5 Å². The Labute approximate surface area is 135 Å². The number of carbonyl (C=O) groups excluding carboxylic acids is 1. The number of piperidine rings is 1. The maximum atomic E-state index is 12.1. The van der Waals surface area contributed by atoms with Gasteiger partial charge in [0.2, 0.25) is 5.91 Å². The number of rotatable bonds is 4. The molecule has 0 bridgehead atoms. The molecule has 0 aromatic carbocycles. The molecule has 0 saturated carbocycles. The maximum absolute atomic E-state index is 12.1. The van der Waals surface area contributed by atoms with E-state index >= 15 is 0 Å². The lowest BCUT2D eigenvalue weighted by Crippen LogP contribution is -2.44. The molecule has 0 aromatic rings. The Morgan fingerprint density at radius 1 is 1.20 bits per heavy atom. The predicted molar refractivity (Wildman–Crippen MR) is 88.0 cm³/mol. The molecule has 20 heavy (non-hydrogen) atoms. The molecule has 1 unspecified atom stereocenters. The summed E-state index contributed by atoms with van der Waals surface area (Å²) in [6.45, 7) is 3.02. The van der Waals surface area contributed by atoms with Crippen molar-refractivity contribution in [3.8, 4) is 0 Å². The van der Waals surface area contributed by atoms with E-state index < -0.39 is 0 Å². The van der Waals surface area contributed by atoms with Gasteiger partial charge in [-0.3, -0.25) is 4.79 Å². The Balaban J connectivity index is 0.00000180. The van der Waals surface area contributed by atoms with Crippen molar-refractivity contribution in [3.63, 3.8) is 0 Å². The van der Waals surface area contributed by atoms with Gasteiger partial charge in [0.15, 0.2) is 0 Å². The molecule has 1 amide bonds. The molecule has 0 aliphatic carbocycles. The van der Waals surface area contributed by atoms with Crippen molar-refractivity contribution in [1.29, 1.82) is 0 Å². The molecule has 0 spiro atoms. The second kappa shape index (κ2) is 9.82. The van der Waals surface area contributed by atoms with Gasteiger partial charge in [0.05, 0.1) is 0 Å². The van der Waals surface area contributed by atoms with Gasteiger partial charge in [0.25, 0.3) is 0 Å². The second-order valence-corrected chi connectivity index (χ2v) is 5.91. The first-order chi connectivity index (χ1) is 8.66. The van der Waals surface area contributed by atoms with E-state index in [1.54, 1.807) is 0 Å². The van der Waals surface area contributed by atoms with Crippen LogP contribution in [0, 0.1) is 0 Å². The van der Waals surface area contributed by atoms with Gasteiger partial charge in [-0.05, 0) is 52.7 Å². The molecule has 0 aromatic heterocycles. The van der Waals surface area contributed by atoms with Gasteiger partial charge >= 0.3 is 0 Å². The molecule has 2 rings (SSSR count). The Bertz CT molecular complexity index is 276. The summed E-state index contributed by atoms with van der Waals surface area (Å²) in [5, 5.41) is 3.46. The average Bonchev–Trinajstić information content (AvgIpc) is 2.89. The molecule has 120 valence electrons. The number of amides is 1. The summed E-state index contributed by atoms with van der Waals surface area (Å²) >= 11 is 0. The predicted octanol–water partition coefficient (Wildman–Crippen LogP) is 1.91. The molecule has 0 radical (unpaired) electrons. The zero-order valence-electron chi connectivity index (χ0n) is 12.6. The summed E-state index contributed by atoms with van der Waals surface area (Å²) in [5.41, 5.74) is 0. The standard InChI is InChI=1S/C14H27N3O.2ClH/c1-16(2)13-7-10-17(11-8-13)14(18)6-5-12-4-3-9-15-12;;/h12-13,15H,3-11H2,1-2H3;2*1H. The van der Waals surface area contributed by atoms with Crippen molar-refractivity contribution in [1.82, 2.24) is 15.1 Å². The average molecular weight is 326 g/mol. The minimum Gasteiger partial charge on any atom is -0.343 e. The molecule has 2 aliphatic rings. The van der Waals surface area contributed by atoms with Crippen LogP contribution in [0.5, 0.6) is 0 Å². The highest BCUT2D eigenvalue weighted by atomic mass is 35.5. The van der Waals surface area contributed by atoms with Gasteiger partial charge in [-0.2, -0.15) is 0 Å². The van der Waals surface area contributed by atoms with Gasteiger partial charge in [0, 0.05) is 31.6 Å². The van der Waals surface area contributed by atoms with Crippen molar-refractivity contribution in [2.24, 2.45) is 0 Å². The van der Waals surface area contributed by atoms with E-state index in [1.807, 2.05) is 0 Å². The third-order valence-corrected chi connectivity index (χ3v) is 4.42. The Morgan fingerprint density at radius 2 is 1.85 bits per heavy atom. The van der Waals surface area contributed by atoms with E-state index in [0.717, 1.165) is 45.3 Å². The highest BCUT2D eigenvalue weighted by Gasteiger charge is 2.24. The van der Waals surface area contributed by atoms with Gasteiger partial charge < -0.3 is 15.1 Å². The number of hydrogen-bond acceptors (Lipinski definition) is 3. The normalized spacial score (nSPS) is 23.4. The lowest BCUT2D eigenvalue weighted by molar-refractivity contribution is -0.132. The van der Waals surface area contributed by atoms with Crippen molar-refractivity contribution >= 4 is 30.7 Å². The van der Waals surface area contributed by atoms with Crippen LogP contribution in [0.2, 0.25) is 0 Å². The highest BCUT2D eigenvalue weighted by Crippen LogP contribution is 2.17. The fraction of sp³-hybridized carbons (Fsp3) is 0.929. The summed E-state index contributed by atoms with van der Waals surface area (Å²) < 4.78 is 0. The SMILES string of the molecule is CN(C)C1CCN(C(=O)CCC2CCCN2)CC1.Cl.Cl. The Kier molecular flexibility index (Phi) is 9.81. The van der Waals surface area contributed by atoms with Crippen LogP contribution in [0.15, 0.2) is 0 Å². The van der Waals surface area contributed by atoms with Crippen LogP contribution in [0.25, 0.3) is 0 Å². The summed E-state index contributed by atoms with van der Waals surface area (Å²) in [4.78, 5) is 16.5. The fourth-order valence-electron chi connectivity index (χ4n) is 3.09. The highest BCUT2D eigenvalue weighted by molar-refractivity contribution is 5.85. The van der Waals surface area contributed by atoms with E-state index in [1.165, 1.54) is 12.8 Å². The van der Waals surface area contributed by atoms with Gasteiger partial charge in [-0.1, -0.05) is 0 Å². The topological polar surface area (TPSA) is 35.6 Å². The number of likely N-dealkylation sites (tertiary alicyclic amines) is 1. The van der Waals surface area contributed by atoms with Crippen molar-refractivity contribution in [3.05, 3.63) is 0 Å². The van der Waals surface area contributed by atoms with E-state index in [9.17, 15) is 4.79 Å². The summed E-state index contributed by atoms with van der Waals surface area (Å²) in [6.07, 6.45) is 6.51. The molecule has 2 aliphatic heterocycles. The van der Waals surface area contributed by atoms with Crippen LogP contribution < -0.4 is 5.32 Å². The zero-order chi connectivity index (χ0) is 13.0. The van der Waals surface area contributed by atoms with Crippen LogP contribution in [0.1, 0.15) is 38.5 Å². The first-order valence-corrected chi connectivity index (χ1v) is 7.34. The molecule has 2 heterocycles. The molecular formula is C14H29Cl2N3O. The van der Waals surface area contributed by atoms with E-state index in [0.29, 0.717) is 18.0 Å². The third kappa shape index (κ3) is 5.76. The van der Waals surface area contributed by atoms with Gasteiger partial charge in [-0.15, -0.1) is 24.8 Å². The van der Waals surface area contributed by atoms with Crippen LogP contribution in [-0.2, 0) is 4.79 Å². The lowest BCUT2D eigenvalue weighted by atomic mass is 10.0. The molecule has 2 fully saturated rings. The third-order valence-electron chi connectivity index (χ3n) is 4.42. The minimum atomic E-state index is 0. The van der Waals surface area contributed by atoms with Crippen LogP contribution >= 0.6 is 24.8 Å². The Hall–Kier alpha value is -0.0300. The smallest absolute Gasteiger partial charge is 0.222 e. The van der Waals surface area contributed by atoms with Crippen molar-refractivity contribution in [2.75, 3.05) is 33.7 Å². The number of carbonyl (C=O) groups is 1. The van der Waals surface area contributed by atoms with Crippen molar-refractivity contribution < 1.29 is 4.79 Å². The number of nitrogens with one attached hydrogen (secondary N) is 1. The number of hydrogen-bond donors (Lipinski definition) is 1. The molecule has 1 atom stereocenters. The minimum absolute atomic E-state index is 0. The zero-order valence-corrected chi connectivity index (χ0v) is 14.3. The maximum Gasteiger partial charge on any atom is 0.222 e. The summed E-state index contributed by atoms with van der Waals surface area (Å²) in [5.74, 6) is 0.362. The Morgan fingerprint density at radius 3 is 2.35 bits per heavy atom. The molecule has 6 heteroatoms. The second-order valence-electron chi connectivity index (χ2n) is 5.91. The molecular weight excluding hydrogens is 297 g/mol. The molecule has 4 nitrogen and oxygen atoms in total. The fourth-order valence-corrected chi connectivity index (χ4v) is 3.09. The van der Waals surface area contributed by atoms with E-state index in [2.05, 4.69) is 29.2 Å². The van der Waals surface area contributed by atoms with Crippen LogP contribution in [0.3, 0.4) is 0 Å². The molecule has 1 N–H and O–H groups in total. The molecule has 2 saturated heterocycles. The van der Waals surface area contributed by atoms with Gasteiger partial charge in [0.1, 0.15) is 0 Å². The quantitative estimate of drug-likeness (QED) is 0.857. The van der Waals surface area contributed by atoms with Crippen LogP contribution in [0.4, 0.5) is 0 Å². The van der Waals surface area contributed by atoms with E-state index in [4.69, 9.17) is 0 Å². The summed E-state index contributed by atoms with van der Waals surface area (Å²) in [7, 11) is 4.27. The van der Waals surface area contributed by atoms with E-state index in [-0.39, 0.29) is 24.8 Å². The first kappa shape index (κ1) is 20.0. The lowest BCUT2D eigenvalue weighted by Gasteiger charge is -2.35. The largest absolute Gasteiger partial charge is 0.343 e. The summed E-state index contributed by atoms with van der Waals surface area (Å²) in [6, 6.07) is 1.25. The first-order valence-electron chi connectivity index (χ1n) is 7.34. The van der Waals surface area contributed by atoms with Gasteiger partial charge in [-0.25, -0.2) is 0 Å².